The van der Waals surface area contributed by atoms with Crippen molar-refractivity contribution in [2.24, 2.45) is 4.99 Å². The van der Waals surface area contributed by atoms with E-state index in [2.05, 4.69) is 20.6 Å². The van der Waals surface area contributed by atoms with E-state index in [1.165, 1.54) is 12.1 Å². The number of rotatable bonds is 1. The molecular formula is C15H10ClFN8. The smallest absolute Gasteiger partial charge is 0.211 e. The van der Waals surface area contributed by atoms with Crippen LogP contribution in [-0.4, -0.2) is 10.9 Å². The molecule has 0 aliphatic carbocycles. The first-order chi connectivity index (χ1) is 12.0. The summed E-state index contributed by atoms with van der Waals surface area (Å²) in [4.78, 5) is 8.40. The van der Waals surface area contributed by atoms with Crippen molar-refractivity contribution in [1.82, 2.24) is 10.3 Å². The van der Waals surface area contributed by atoms with Crippen molar-refractivity contribution < 1.29 is 4.39 Å². The molecule has 2 heterocycles. The van der Waals surface area contributed by atoms with Crippen LogP contribution in [0.15, 0.2) is 23.2 Å². The summed E-state index contributed by atoms with van der Waals surface area (Å²) in [5, 5.41) is 23.0. The molecule has 1 aromatic heterocycles. The number of nitrogen functional groups attached to an aromatic ring is 2. The number of aliphatic imine (C=N–C) groups is 1. The highest BCUT2D eigenvalue weighted by Crippen LogP contribution is 2.42. The van der Waals surface area contributed by atoms with Crippen LogP contribution in [0.1, 0.15) is 22.7 Å². The zero-order valence-electron chi connectivity index (χ0n) is 12.5. The number of guanidine groups is 1. The largest absolute Gasteiger partial charge is 0.397 e. The number of hydrogen-bond acceptors (Lipinski definition) is 8. The predicted molar refractivity (Wildman–Crippen MR) is 90.8 cm³/mol. The minimum absolute atomic E-state index is 0.00929. The van der Waals surface area contributed by atoms with Crippen LogP contribution in [0.4, 0.5) is 21.7 Å². The number of halogens is 2. The number of hydrogen-bond donors (Lipinski definition) is 4. The Hall–Kier alpha value is -3.56. The summed E-state index contributed by atoms with van der Waals surface area (Å²) in [6.07, 6.45) is 1.73. The number of aromatic nitrogens is 1. The van der Waals surface area contributed by atoms with Crippen LogP contribution < -0.4 is 22.1 Å². The molecule has 6 N–H and O–H groups in total. The Morgan fingerprint density at radius 3 is 2.76 bits per heavy atom. The molecule has 124 valence electrons. The third-order valence-corrected chi connectivity index (χ3v) is 4.03. The fraction of sp³-hybridized carbons (Fsp3) is 0.0667. The number of pyridine rings is 1. The third kappa shape index (κ3) is 2.63. The van der Waals surface area contributed by atoms with Gasteiger partial charge in [-0.2, -0.15) is 10.5 Å². The van der Waals surface area contributed by atoms with E-state index in [1.54, 1.807) is 12.3 Å². The van der Waals surface area contributed by atoms with Gasteiger partial charge < -0.3 is 16.8 Å². The fourth-order valence-corrected chi connectivity index (χ4v) is 2.77. The van der Waals surface area contributed by atoms with Gasteiger partial charge in [0, 0.05) is 11.1 Å². The second kappa shape index (κ2) is 6.15. The van der Waals surface area contributed by atoms with Crippen molar-refractivity contribution in [1.29, 1.82) is 10.5 Å². The minimum atomic E-state index is -0.879. The van der Waals surface area contributed by atoms with E-state index in [1.807, 2.05) is 6.07 Å². The van der Waals surface area contributed by atoms with Gasteiger partial charge in [-0.1, -0.05) is 23.7 Å². The van der Waals surface area contributed by atoms with Gasteiger partial charge >= 0.3 is 0 Å². The summed E-state index contributed by atoms with van der Waals surface area (Å²) in [7, 11) is 0. The van der Waals surface area contributed by atoms with E-state index in [0.717, 1.165) is 0 Å². The lowest BCUT2D eigenvalue weighted by Gasteiger charge is -2.26. The van der Waals surface area contributed by atoms with E-state index >= 15 is 0 Å². The van der Waals surface area contributed by atoms with E-state index in [9.17, 15) is 9.65 Å². The van der Waals surface area contributed by atoms with Crippen LogP contribution in [0.2, 0.25) is 5.02 Å². The van der Waals surface area contributed by atoms with E-state index < -0.39 is 11.9 Å². The Morgan fingerprint density at radius 1 is 1.32 bits per heavy atom. The molecule has 25 heavy (non-hydrogen) atoms. The van der Waals surface area contributed by atoms with Gasteiger partial charge in [-0.15, -0.1) is 0 Å². The van der Waals surface area contributed by atoms with Crippen LogP contribution in [-0.2, 0) is 0 Å². The molecule has 0 radical (unpaired) electrons. The highest BCUT2D eigenvalue weighted by Gasteiger charge is 2.31. The monoisotopic (exact) mass is 356 g/mol. The second-order valence-corrected chi connectivity index (χ2v) is 5.42. The maximum absolute atomic E-state index is 13.9. The zero-order valence-corrected chi connectivity index (χ0v) is 13.3. The summed E-state index contributed by atoms with van der Waals surface area (Å²) in [6.45, 7) is 0. The lowest BCUT2D eigenvalue weighted by molar-refractivity contribution is 0.624. The first-order valence-corrected chi connectivity index (χ1v) is 7.28. The molecule has 1 aliphatic rings. The number of benzene rings is 1. The molecule has 3 rings (SSSR count). The van der Waals surface area contributed by atoms with Gasteiger partial charge in [0.05, 0.1) is 10.7 Å². The average Bonchev–Trinajstić information content (AvgIpc) is 2.57. The van der Waals surface area contributed by atoms with E-state index in [0.29, 0.717) is 11.1 Å². The number of anilines is 3. The number of fused-ring (bicyclic) bond motifs is 1. The SMILES string of the molecule is N#CNC1=NC(c2cccc(F)c2Cl)c2c(nc(N)c(C#N)c2N)N1. The van der Waals surface area contributed by atoms with Gasteiger partial charge in [0.1, 0.15) is 35.1 Å². The molecule has 1 aliphatic heterocycles. The molecule has 0 fully saturated rings. The van der Waals surface area contributed by atoms with Crippen molar-refractivity contribution in [2.45, 2.75) is 6.04 Å². The number of nitrogens with one attached hydrogen (secondary N) is 2. The summed E-state index contributed by atoms with van der Waals surface area (Å²) in [5.74, 6) is -0.441. The Labute approximate surface area is 146 Å². The molecule has 0 bridgehead atoms. The number of nitrogens with zero attached hydrogens (tertiary/aromatic N) is 4. The van der Waals surface area contributed by atoms with Crippen molar-refractivity contribution in [3.8, 4) is 12.3 Å². The molecule has 0 spiro atoms. The summed E-state index contributed by atoms with van der Waals surface area (Å²) < 4.78 is 13.9. The van der Waals surface area contributed by atoms with Crippen molar-refractivity contribution in [3.05, 3.63) is 45.7 Å². The van der Waals surface area contributed by atoms with Crippen LogP contribution in [0, 0.1) is 28.6 Å². The second-order valence-electron chi connectivity index (χ2n) is 5.04. The molecule has 1 atom stereocenters. The van der Waals surface area contributed by atoms with Crippen LogP contribution in [0.3, 0.4) is 0 Å². The van der Waals surface area contributed by atoms with Gasteiger partial charge in [0.15, 0.2) is 6.19 Å². The molecule has 0 amide bonds. The Kier molecular flexibility index (Phi) is 4.01. The molecule has 0 saturated carbocycles. The summed E-state index contributed by atoms with van der Waals surface area (Å²) in [6, 6.07) is 5.25. The third-order valence-electron chi connectivity index (χ3n) is 3.63. The summed E-state index contributed by atoms with van der Waals surface area (Å²) in [5.41, 5.74) is 12.5. The lowest BCUT2D eigenvalue weighted by Crippen LogP contribution is -2.32. The summed E-state index contributed by atoms with van der Waals surface area (Å²) >= 11 is 6.07. The maximum atomic E-state index is 13.9. The predicted octanol–water partition coefficient (Wildman–Crippen LogP) is 1.85. The van der Waals surface area contributed by atoms with Crippen LogP contribution in [0.25, 0.3) is 0 Å². The first-order valence-electron chi connectivity index (χ1n) is 6.90. The lowest BCUT2D eigenvalue weighted by atomic mass is 9.95. The van der Waals surface area contributed by atoms with Crippen molar-refractivity contribution in [2.75, 3.05) is 16.8 Å². The maximum Gasteiger partial charge on any atom is 0.211 e. The molecular weight excluding hydrogens is 347 g/mol. The highest BCUT2D eigenvalue weighted by atomic mass is 35.5. The van der Waals surface area contributed by atoms with Crippen LogP contribution >= 0.6 is 11.6 Å². The van der Waals surface area contributed by atoms with Crippen LogP contribution in [0.5, 0.6) is 0 Å². The van der Waals surface area contributed by atoms with E-state index in [4.69, 9.17) is 28.3 Å². The molecule has 10 heteroatoms. The first kappa shape index (κ1) is 16.3. The minimum Gasteiger partial charge on any atom is -0.397 e. The zero-order chi connectivity index (χ0) is 18.1. The molecule has 0 saturated heterocycles. The van der Waals surface area contributed by atoms with Gasteiger partial charge in [-0.25, -0.2) is 14.4 Å². The normalized spacial score (nSPS) is 15.2. The standard InChI is InChI=1S/C15H10ClFN8/c16-10-6(2-1-3-8(10)17)12-9-11(20)7(4-18)13(21)24-14(9)25-15(23-12)22-5-19/h1-3,12H,(H6,20,21,22,23,24,25). The Balaban J connectivity index is 2.30. The Morgan fingerprint density at radius 2 is 2.08 bits per heavy atom. The highest BCUT2D eigenvalue weighted by molar-refractivity contribution is 6.31. The van der Waals surface area contributed by atoms with E-state index in [-0.39, 0.29) is 33.9 Å². The number of nitrogens with two attached hydrogens (primary N) is 2. The molecule has 8 nitrogen and oxygen atoms in total. The Bertz CT molecular complexity index is 988. The molecule has 1 unspecified atom stereocenters. The molecule has 1 aromatic carbocycles. The van der Waals surface area contributed by atoms with Crippen molar-refractivity contribution >= 4 is 34.9 Å². The van der Waals surface area contributed by atoms with Gasteiger partial charge in [-0.3, -0.25) is 5.32 Å². The topological polar surface area (TPSA) is 149 Å². The van der Waals surface area contributed by atoms with Crippen molar-refractivity contribution in [3.63, 3.8) is 0 Å². The van der Waals surface area contributed by atoms with Gasteiger partial charge in [0.25, 0.3) is 0 Å². The quantitative estimate of drug-likeness (QED) is 0.450. The van der Waals surface area contributed by atoms with Gasteiger partial charge in [0.2, 0.25) is 5.96 Å². The van der Waals surface area contributed by atoms with Gasteiger partial charge in [-0.05, 0) is 6.07 Å². The fourth-order valence-electron chi connectivity index (χ4n) is 2.54. The average molecular weight is 357 g/mol. The molecule has 2 aromatic rings. The number of nitriles is 2.